The van der Waals surface area contributed by atoms with Crippen LogP contribution in [0.5, 0.6) is 0 Å². The minimum absolute atomic E-state index is 0.00781. The molecule has 2 heterocycles. The smallest absolute Gasteiger partial charge is 0.255 e. The number of hydrogen-bond acceptors (Lipinski definition) is 2. The fourth-order valence-electron chi connectivity index (χ4n) is 3.07. The van der Waals surface area contributed by atoms with Gasteiger partial charge < -0.3 is 14.4 Å². The standard InChI is InChI=1S/C19H22FN3O2/c1-21-10-7-16(14-21)19(25)23-9-2-8-22(11-12-23)18(24)13-15-3-5-17(20)6-4-15/h3-7,10,14H,2,8-9,11-13H2,1H3. The number of hydrogen-bond donors (Lipinski definition) is 0. The zero-order valence-corrected chi connectivity index (χ0v) is 14.3. The lowest BCUT2D eigenvalue weighted by atomic mass is 10.1. The van der Waals surface area contributed by atoms with Gasteiger partial charge in [0.05, 0.1) is 12.0 Å². The third kappa shape index (κ3) is 4.26. The van der Waals surface area contributed by atoms with Crippen molar-refractivity contribution in [1.29, 1.82) is 0 Å². The normalized spacial score (nSPS) is 15.1. The van der Waals surface area contributed by atoms with Gasteiger partial charge in [-0.25, -0.2) is 4.39 Å². The van der Waals surface area contributed by atoms with Gasteiger partial charge in [0, 0.05) is 45.6 Å². The van der Waals surface area contributed by atoms with E-state index in [-0.39, 0.29) is 24.1 Å². The van der Waals surface area contributed by atoms with Crippen LogP contribution in [0.15, 0.2) is 42.7 Å². The molecule has 1 aliphatic rings. The second kappa shape index (κ2) is 7.51. The van der Waals surface area contributed by atoms with Crippen LogP contribution in [0.1, 0.15) is 22.3 Å². The van der Waals surface area contributed by atoms with Crippen molar-refractivity contribution in [2.45, 2.75) is 12.8 Å². The zero-order chi connectivity index (χ0) is 17.8. The van der Waals surface area contributed by atoms with Crippen LogP contribution in [0.4, 0.5) is 4.39 Å². The first-order valence-corrected chi connectivity index (χ1v) is 8.46. The fourth-order valence-corrected chi connectivity index (χ4v) is 3.07. The quantitative estimate of drug-likeness (QED) is 0.857. The van der Waals surface area contributed by atoms with E-state index in [1.54, 1.807) is 21.9 Å². The predicted molar refractivity (Wildman–Crippen MR) is 92.6 cm³/mol. The van der Waals surface area contributed by atoms with Gasteiger partial charge in [0.2, 0.25) is 5.91 Å². The summed E-state index contributed by atoms with van der Waals surface area (Å²) in [6, 6.07) is 7.81. The molecule has 0 atom stereocenters. The molecule has 0 saturated carbocycles. The lowest BCUT2D eigenvalue weighted by molar-refractivity contribution is -0.130. The molecule has 1 saturated heterocycles. The number of rotatable bonds is 3. The maximum absolute atomic E-state index is 13.0. The van der Waals surface area contributed by atoms with E-state index in [2.05, 4.69) is 0 Å². The minimum Gasteiger partial charge on any atom is -0.356 e. The number of carbonyl (C=O) groups excluding carboxylic acids is 2. The van der Waals surface area contributed by atoms with Gasteiger partial charge in [-0.15, -0.1) is 0 Å². The van der Waals surface area contributed by atoms with E-state index in [0.29, 0.717) is 31.7 Å². The van der Waals surface area contributed by atoms with Crippen molar-refractivity contribution in [3.63, 3.8) is 0 Å². The Morgan fingerprint density at radius 2 is 1.68 bits per heavy atom. The molecule has 0 bridgehead atoms. The Labute approximate surface area is 146 Å². The first kappa shape index (κ1) is 17.2. The summed E-state index contributed by atoms with van der Waals surface area (Å²) >= 11 is 0. The van der Waals surface area contributed by atoms with Gasteiger partial charge in [-0.3, -0.25) is 9.59 Å². The Bertz CT molecular complexity index is 754. The minimum atomic E-state index is -0.305. The van der Waals surface area contributed by atoms with Gasteiger partial charge in [-0.1, -0.05) is 12.1 Å². The molecule has 1 aromatic heterocycles. The van der Waals surface area contributed by atoms with Gasteiger partial charge in [-0.05, 0) is 30.2 Å². The average molecular weight is 343 g/mol. The molecule has 132 valence electrons. The fraction of sp³-hybridized carbons (Fsp3) is 0.368. The van der Waals surface area contributed by atoms with Crippen molar-refractivity contribution in [3.8, 4) is 0 Å². The van der Waals surface area contributed by atoms with E-state index in [4.69, 9.17) is 0 Å². The predicted octanol–water partition coefficient (Wildman–Crippen LogP) is 2.08. The molecule has 0 N–H and O–H groups in total. The number of amides is 2. The van der Waals surface area contributed by atoms with Gasteiger partial charge in [-0.2, -0.15) is 0 Å². The van der Waals surface area contributed by atoms with Crippen molar-refractivity contribution in [3.05, 3.63) is 59.7 Å². The molecular formula is C19H22FN3O2. The van der Waals surface area contributed by atoms with Crippen molar-refractivity contribution in [1.82, 2.24) is 14.4 Å². The third-order valence-corrected chi connectivity index (χ3v) is 4.48. The van der Waals surface area contributed by atoms with Crippen LogP contribution < -0.4 is 0 Å². The summed E-state index contributed by atoms with van der Waals surface area (Å²) in [5.74, 6) is -0.282. The third-order valence-electron chi connectivity index (χ3n) is 4.48. The summed E-state index contributed by atoms with van der Waals surface area (Å²) in [4.78, 5) is 28.6. The Morgan fingerprint density at radius 3 is 2.36 bits per heavy atom. The first-order chi connectivity index (χ1) is 12.0. The van der Waals surface area contributed by atoms with E-state index in [0.717, 1.165) is 12.0 Å². The topological polar surface area (TPSA) is 45.6 Å². The molecule has 3 rings (SSSR count). The van der Waals surface area contributed by atoms with Crippen molar-refractivity contribution in [2.75, 3.05) is 26.2 Å². The molecule has 1 aliphatic heterocycles. The second-order valence-corrected chi connectivity index (χ2v) is 6.40. The first-order valence-electron chi connectivity index (χ1n) is 8.46. The zero-order valence-electron chi connectivity index (χ0n) is 14.3. The summed E-state index contributed by atoms with van der Waals surface area (Å²) in [5.41, 5.74) is 1.47. The Kier molecular flexibility index (Phi) is 5.16. The number of nitrogens with zero attached hydrogens (tertiary/aromatic N) is 3. The maximum Gasteiger partial charge on any atom is 0.255 e. The number of benzene rings is 1. The van der Waals surface area contributed by atoms with E-state index < -0.39 is 0 Å². The molecule has 2 amide bonds. The summed E-state index contributed by atoms with van der Waals surface area (Å²) < 4.78 is 14.8. The van der Waals surface area contributed by atoms with Crippen molar-refractivity contribution < 1.29 is 14.0 Å². The van der Waals surface area contributed by atoms with Crippen LogP contribution in [0, 0.1) is 5.82 Å². The highest BCUT2D eigenvalue weighted by atomic mass is 19.1. The molecule has 5 nitrogen and oxygen atoms in total. The summed E-state index contributed by atoms with van der Waals surface area (Å²) in [5, 5.41) is 0. The van der Waals surface area contributed by atoms with E-state index >= 15 is 0 Å². The number of aryl methyl sites for hydroxylation is 1. The van der Waals surface area contributed by atoms with Gasteiger partial charge in [0.15, 0.2) is 0 Å². The highest BCUT2D eigenvalue weighted by molar-refractivity contribution is 5.94. The Balaban J connectivity index is 1.58. The monoisotopic (exact) mass is 343 g/mol. The van der Waals surface area contributed by atoms with Crippen LogP contribution >= 0.6 is 0 Å². The van der Waals surface area contributed by atoms with E-state index in [1.165, 1.54) is 12.1 Å². The van der Waals surface area contributed by atoms with E-state index in [1.807, 2.05) is 30.1 Å². The van der Waals surface area contributed by atoms with Gasteiger partial charge in [0.1, 0.15) is 5.82 Å². The molecule has 25 heavy (non-hydrogen) atoms. The van der Waals surface area contributed by atoms with Crippen LogP contribution in [-0.4, -0.2) is 52.4 Å². The highest BCUT2D eigenvalue weighted by Crippen LogP contribution is 2.12. The molecule has 0 spiro atoms. The van der Waals surface area contributed by atoms with Gasteiger partial charge in [0.25, 0.3) is 5.91 Å². The Hall–Kier alpha value is -2.63. The van der Waals surface area contributed by atoms with Gasteiger partial charge >= 0.3 is 0 Å². The van der Waals surface area contributed by atoms with Crippen LogP contribution in [0.25, 0.3) is 0 Å². The number of halogens is 1. The highest BCUT2D eigenvalue weighted by Gasteiger charge is 2.23. The number of carbonyl (C=O) groups is 2. The molecule has 0 unspecified atom stereocenters. The number of aromatic nitrogens is 1. The molecule has 1 fully saturated rings. The van der Waals surface area contributed by atoms with E-state index in [9.17, 15) is 14.0 Å². The lowest BCUT2D eigenvalue weighted by Crippen LogP contribution is -2.37. The molecule has 6 heteroatoms. The lowest BCUT2D eigenvalue weighted by Gasteiger charge is -2.22. The van der Waals surface area contributed by atoms with Crippen molar-refractivity contribution in [2.24, 2.45) is 7.05 Å². The molecule has 2 aromatic rings. The van der Waals surface area contributed by atoms with Crippen LogP contribution in [0.2, 0.25) is 0 Å². The molecule has 1 aromatic carbocycles. The molecule has 0 radical (unpaired) electrons. The second-order valence-electron chi connectivity index (χ2n) is 6.40. The SMILES string of the molecule is Cn1ccc(C(=O)N2CCCN(C(=O)Cc3ccc(F)cc3)CC2)c1. The van der Waals surface area contributed by atoms with Crippen LogP contribution in [0.3, 0.4) is 0 Å². The maximum atomic E-state index is 13.0. The largest absolute Gasteiger partial charge is 0.356 e. The summed E-state index contributed by atoms with van der Waals surface area (Å²) in [6.07, 6.45) is 4.68. The Morgan fingerprint density at radius 1 is 1.00 bits per heavy atom. The van der Waals surface area contributed by atoms with Crippen molar-refractivity contribution >= 4 is 11.8 Å². The molecular weight excluding hydrogens is 321 g/mol. The summed E-state index contributed by atoms with van der Waals surface area (Å²) in [6.45, 7) is 2.34. The molecule has 0 aliphatic carbocycles. The van der Waals surface area contributed by atoms with Crippen LogP contribution in [-0.2, 0) is 18.3 Å². The summed E-state index contributed by atoms with van der Waals surface area (Å²) in [7, 11) is 1.88. The average Bonchev–Trinajstić information content (AvgIpc) is 2.89.